The van der Waals surface area contributed by atoms with E-state index in [1.54, 1.807) is 0 Å². The minimum Gasteiger partial charge on any atom is -0.365 e. The zero-order chi connectivity index (χ0) is 19.3. The van der Waals surface area contributed by atoms with Crippen molar-refractivity contribution in [1.29, 1.82) is 5.40 Å². The molecule has 2 aromatic rings. The molecular weight excluding hydrogens is 423 g/mol. The standard InChI is InChI=1S/C12H14BrFN6O4S/c13-8-6-7(2-3-9(8)14)20(21)11(15)10-12(19-24-18-10)17-4-1-5-25(16,22)23/h2-3,6,15,21H,1,4-5H2,(H,17,19)(H2,16,22,23)/b15-11-. The average Bonchev–Trinajstić information content (AvgIpc) is 3.02. The second-order valence-electron chi connectivity index (χ2n) is 4.84. The Labute approximate surface area is 151 Å². The van der Waals surface area contributed by atoms with E-state index in [0.717, 1.165) is 6.07 Å². The number of nitrogens with one attached hydrogen (secondary N) is 2. The first kappa shape index (κ1) is 17.7. The summed E-state index contributed by atoms with van der Waals surface area (Å²) < 4.78 is 47.1. The second-order valence-corrected chi connectivity index (χ2v) is 7.43. The molecule has 0 spiro atoms. The molecule has 0 saturated carbocycles. The number of nitrogens with two attached hydrogens (primary N) is 1. The maximum Gasteiger partial charge on any atom is 0.209 e. The Balaban J connectivity index is 2.15. The zero-order valence-electron chi connectivity index (χ0n) is 13.6. The highest BCUT2D eigenvalue weighted by Gasteiger charge is 2.21. The maximum absolute atomic E-state index is 13.3. The molecule has 0 fully saturated rings. The van der Waals surface area contributed by atoms with Gasteiger partial charge in [-0.1, -0.05) is 0 Å². The van der Waals surface area contributed by atoms with Gasteiger partial charge >= 0.3 is 0 Å². The van der Waals surface area contributed by atoms with Gasteiger partial charge in [-0.2, -0.15) is 0 Å². The quantitative estimate of drug-likeness (QED) is 0.218. The molecule has 0 bridgehead atoms. The number of benzene rings is 1. The number of amidine groups is 1. The van der Waals surface area contributed by atoms with Crippen molar-refractivity contribution in [2.75, 3.05) is 22.7 Å². The van der Waals surface area contributed by atoms with Crippen LogP contribution in [0.3, 0.4) is 0 Å². The van der Waals surface area contributed by atoms with Crippen LogP contribution in [0.4, 0.5) is 15.9 Å². The number of halogens is 2. The third kappa shape index (κ3) is 5.19. The van der Waals surface area contributed by atoms with Gasteiger partial charge in [-0.15, -0.1) is 0 Å². The van der Waals surface area contributed by atoms with Gasteiger partial charge in [0.2, 0.25) is 15.8 Å². The van der Waals surface area contributed by atoms with Crippen LogP contribution in [0, 0.1) is 11.2 Å². The van der Waals surface area contributed by atoms with Crippen molar-refractivity contribution in [2.45, 2.75) is 6.42 Å². The van der Waals surface area contributed by atoms with Crippen molar-refractivity contribution >= 4 is 43.3 Å². The summed E-state index contributed by atoms with van der Waals surface area (Å²) in [7, 11) is -3.59. The van der Waals surface area contributed by atoms with Crippen LogP contribution in [0.25, 0.3) is 0 Å². The van der Waals surface area contributed by atoms with Crippen molar-refractivity contribution in [3.05, 3.63) is 34.2 Å². The summed E-state index contributed by atoms with van der Waals surface area (Å²) >= 11 is 2.99. The molecule has 13 heteroatoms. The summed E-state index contributed by atoms with van der Waals surface area (Å²) in [5.74, 6) is -1.09. The van der Waals surface area contributed by atoms with E-state index in [-0.39, 0.29) is 46.2 Å². The Morgan fingerprint density at radius 3 is 2.96 bits per heavy atom. The fourth-order valence-corrected chi connectivity index (χ4v) is 2.68. The normalized spacial score (nSPS) is 12.8. The fraction of sp³-hybridized carbons (Fsp3) is 0.250. The van der Waals surface area contributed by atoms with Crippen molar-refractivity contribution in [1.82, 2.24) is 10.3 Å². The number of hydrogen-bond acceptors (Lipinski definition) is 8. The van der Waals surface area contributed by atoms with Crippen molar-refractivity contribution < 1.29 is 24.1 Å². The van der Waals surface area contributed by atoms with Crippen molar-refractivity contribution in [2.24, 2.45) is 5.14 Å². The summed E-state index contributed by atoms with van der Waals surface area (Å²) in [6, 6.07) is 3.64. The molecule has 1 heterocycles. The Morgan fingerprint density at radius 2 is 2.32 bits per heavy atom. The Morgan fingerprint density at radius 1 is 1.56 bits per heavy atom. The molecule has 1 aromatic carbocycles. The van der Waals surface area contributed by atoms with E-state index in [0.29, 0.717) is 5.06 Å². The summed E-state index contributed by atoms with van der Waals surface area (Å²) in [6.45, 7) is 0.163. The van der Waals surface area contributed by atoms with Crippen LogP contribution in [0.5, 0.6) is 0 Å². The van der Waals surface area contributed by atoms with E-state index >= 15 is 0 Å². The summed E-state index contributed by atoms with van der Waals surface area (Å²) in [6.07, 6.45) is 0.187. The number of aromatic nitrogens is 2. The van der Waals surface area contributed by atoms with E-state index in [4.69, 9.17) is 6.55 Å². The number of rotatable bonds is 7. The molecule has 0 saturated heterocycles. The minimum absolute atomic E-state index is 0.0330. The number of nitrogens with zero attached hydrogens (tertiary/aromatic N) is 3. The van der Waals surface area contributed by atoms with Crippen LogP contribution in [-0.2, 0) is 10.0 Å². The lowest BCUT2D eigenvalue weighted by atomic mass is 10.3. The van der Waals surface area contributed by atoms with Gasteiger partial charge in [-0.3, -0.25) is 10.6 Å². The van der Waals surface area contributed by atoms with Gasteiger partial charge in [-0.25, -0.2) is 27.6 Å². The van der Waals surface area contributed by atoms with Gasteiger partial charge < -0.3 is 5.32 Å². The number of hydrogen-bond donors (Lipinski definition) is 4. The molecule has 0 aliphatic carbocycles. The minimum atomic E-state index is -3.59. The number of primary sulfonamides is 1. The smallest absolute Gasteiger partial charge is 0.209 e. The summed E-state index contributed by atoms with van der Waals surface area (Å²) in [5, 5.41) is 28.8. The molecule has 5 N–H and O–H groups in total. The monoisotopic (exact) mass is 436 g/mol. The zero-order valence-corrected chi connectivity index (χ0v) is 15.0. The number of anilines is 2. The summed E-state index contributed by atoms with van der Waals surface area (Å²) in [5.41, 5.74) is 0.00556. The first-order valence-electron chi connectivity index (χ1n) is 7.21. The average molecular weight is 437 g/mol. The highest BCUT2D eigenvalue weighted by atomic mass is 79.9. The highest BCUT2D eigenvalue weighted by Crippen LogP contribution is 2.24. The van der Waals surface area contributed by atoms with E-state index in [2.05, 4.69) is 41.6 Å². The van der Waals surface area contributed by atoms with Gasteiger partial charge in [0.1, 0.15) is 5.82 Å². The molecule has 0 atom stereocenters. The number of hydroxylamine groups is 1. The van der Waals surface area contributed by atoms with Crippen LogP contribution in [0.1, 0.15) is 12.1 Å². The molecule has 136 valence electrons. The predicted octanol–water partition coefficient (Wildman–Crippen LogP) is 1.28. The van der Waals surface area contributed by atoms with Crippen molar-refractivity contribution in [3.63, 3.8) is 0 Å². The first-order valence-corrected chi connectivity index (χ1v) is 9.27. The lowest BCUT2D eigenvalue weighted by Gasteiger charge is -2.16. The van der Waals surface area contributed by atoms with E-state index in [1.807, 2.05) is 0 Å². The lowest BCUT2D eigenvalue weighted by molar-refractivity contribution is 0.300. The van der Waals surface area contributed by atoms with Crippen LogP contribution in [-0.4, -0.2) is 42.1 Å². The molecule has 0 aliphatic heterocycles. The first-order chi connectivity index (χ1) is 12.2. The second kappa shape index (κ2) is 7.86. The van der Waals surface area contributed by atoms with E-state index < -0.39 is 15.8 Å². The third-order valence-corrected chi connectivity index (χ3v) is 4.41. The molecule has 2 rings (SSSR count). The van der Waals surface area contributed by atoms with Crippen LogP contribution < -0.4 is 15.5 Å². The molecule has 0 aliphatic rings. The molecule has 10 nitrogen and oxygen atoms in total. The fourth-order valence-electron chi connectivity index (χ4n) is 1.77. The molecule has 0 unspecified atom stereocenters. The Kier molecular flexibility index (Phi) is 5.57. The van der Waals surface area contributed by atoms with Crippen LogP contribution >= 0.6 is 15.9 Å². The Bertz CT molecular complexity index is 909. The van der Waals surface area contributed by atoms with Crippen molar-refractivity contribution in [3.8, 4) is 0 Å². The molecular formula is C12H14BrFN6O4S. The molecule has 0 radical (unpaired) electrons. The molecule has 0 amide bonds. The molecule has 25 heavy (non-hydrogen) atoms. The molecule has 1 aromatic heterocycles. The van der Waals surface area contributed by atoms with Crippen LogP contribution in [0.15, 0.2) is 27.3 Å². The van der Waals surface area contributed by atoms with Crippen LogP contribution in [0.2, 0.25) is 1.41 Å². The number of sulfonamides is 1. The topological polar surface area (TPSA) is 158 Å². The largest absolute Gasteiger partial charge is 0.365 e. The SMILES string of the molecule is [H]/N=C(/c1nonc1NCCCS(N)(=O)=O)N(O)c1ccc(F)c(Br)c1. The van der Waals surface area contributed by atoms with Gasteiger partial charge in [-0.05, 0) is 50.9 Å². The lowest BCUT2D eigenvalue weighted by Crippen LogP contribution is -2.28. The summed E-state index contributed by atoms with van der Waals surface area (Å²) in [4.78, 5) is 0. The highest BCUT2D eigenvalue weighted by molar-refractivity contribution is 9.10. The van der Waals surface area contributed by atoms with Gasteiger partial charge in [0, 0.05) is 6.54 Å². The van der Waals surface area contributed by atoms with Gasteiger partial charge in [0.25, 0.3) is 0 Å². The maximum atomic E-state index is 13.3. The predicted molar refractivity (Wildman–Crippen MR) is 90.6 cm³/mol. The van der Waals surface area contributed by atoms with Gasteiger partial charge in [0.05, 0.1) is 15.9 Å². The Hall–Kier alpha value is -2.09. The van der Waals surface area contributed by atoms with E-state index in [1.165, 1.54) is 12.1 Å². The third-order valence-electron chi connectivity index (χ3n) is 2.95. The van der Waals surface area contributed by atoms with Gasteiger partial charge in [0.15, 0.2) is 12.9 Å². The van der Waals surface area contributed by atoms with E-state index in [9.17, 15) is 18.0 Å².